The SMILES string of the molecule is COc1ccccc1CC(C)C(N)C(O)c1ccc(Cl)cc1. The maximum absolute atomic E-state index is 10.5. The number of rotatable bonds is 6. The fraction of sp³-hybridized carbons (Fsp3) is 0.333. The van der Waals surface area contributed by atoms with Crippen molar-refractivity contribution in [2.24, 2.45) is 11.7 Å². The third-order valence-electron chi connectivity index (χ3n) is 3.97. The van der Waals surface area contributed by atoms with Crippen LogP contribution in [0.4, 0.5) is 0 Å². The molecule has 3 N–H and O–H groups in total. The summed E-state index contributed by atoms with van der Waals surface area (Å²) in [7, 11) is 1.66. The van der Waals surface area contributed by atoms with Crippen LogP contribution in [0.2, 0.25) is 5.02 Å². The van der Waals surface area contributed by atoms with Gasteiger partial charge in [0, 0.05) is 11.1 Å². The van der Waals surface area contributed by atoms with Gasteiger partial charge < -0.3 is 15.6 Å². The number of para-hydroxylation sites is 1. The Bertz CT molecular complexity index is 600. The van der Waals surface area contributed by atoms with Crippen LogP contribution in [0, 0.1) is 5.92 Å². The predicted molar refractivity (Wildman–Crippen MR) is 90.2 cm³/mol. The van der Waals surface area contributed by atoms with E-state index in [0.717, 1.165) is 23.3 Å². The minimum atomic E-state index is -0.720. The van der Waals surface area contributed by atoms with Crippen LogP contribution in [0.3, 0.4) is 0 Å². The van der Waals surface area contributed by atoms with Gasteiger partial charge in [-0.15, -0.1) is 0 Å². The first kappa shape index (κ1) is 16.8. The highest BCUT2D eigenvalue weighted by Crippen LogP contribution is 2.27. The Morgan fingerprint density at radius 1 is 1.14 bits per heavy atom. The van der Waals surface area contributed by atoms with Crippen molar-refractivity contribution in [2.45, 2.75) is 25.5 Å². The second-order valence-corrected chi connectivity index (χ2v) is 6.00. The number of ether oxygens (including phenoxy) is 1. The number of hydrogen-bond acceptors (Lipinski definition) is 3. The first-order chi connectivity index (χ1) is 10.5. The molecule has 0 radical (unpaired) electrons. The molecule has 0 amide bonds. The van der Waals surface area contributed by atoms with Crippen LogP contribution in [-0.2, 0) is 6.42 Å². The van der Waals surface area contributed by atoms with Crippen molar-refractivity contribution in [1.29, 1.82) is 0 Å². The van der Waals surface area contributed by atoms with Crippen molar-refractivity contribution >= 4 is 11.6 Å². The van der Waals surface area contributed by atoms with Gasteiger partial charge in [-0.3, -0.25) is 0 Å². The maximum Gasteiger partial charge on any atom is 0.122 e. The minimum Gasteiger partial charge on any atom is -0.496 e. The number of nitrogens with two attached hydrogens (primary N) is 1. The fourth-order valence-corrected chi connectivity index (χ4v) is 2.67. The van der Waals surface area contributed by atoms with Crippen LogP contribution >= 0.6 is 11.6 Å². The number of aliphatic hydroxyl groups excluding tert-OH is 1. The van der Waals surface area contributed by atoms with Gasteiger partial charge in [0.2, 0.25) is 0 Å². The first-order valence-corrected chi connectivity index (χ1v) is 7.71. The Morgan fingerprint density at radius 2 is 1.77 bits per heavy atom. The van der Waals surface area contributed by atoms with E-state index in [0.29, 0.717) is 5.02 Å². The smallest absolute Gasteiger partial charge is 0.122 e. The summed E-state index contributed by atoms with van der Waals surface area (Å²) in [4.78, 5) is 0. The van der Waals surface area contributed by atoms with Crippen LogP contribution in [0.15, 0.2) is 48.5 Å². The summed E-state index contributed by atoms with van der Waals surface area (Å²) in [6, 6.07) is 14.6. The van der Waals surface area contributed by atoms with E-state index >= 15 is 0 Å². The van der Waals surface area contributed by atoms with Crippen LogP contribution < -0.4 is 10.5 Å². The molecule has 0 saturated heterocycles. The number of aliphatic hydroxyl groups is 1. The van der Waals surface area contributed by atoms with Gasteiger partial charge in [0.15, 0.2) is 0 Å². The summed E-state index contributed by atoms with van der Waals surface area (Å²) in [5.41, 5.74) is 8.12. The summed E-state index contributed by atoms with van der Waals surface area (Å²) in [5, 5.41) is 11.1. The monoisotopic (exact) mass is 319 g/mol. The van der Waals surface area contributed by atoms with Crippen LogP contribution in [0.5, 0.6) is 5.75 Å². The topological polar surface area (TPSA) is 55.5 Å². The highest BCUT2D eigenvalue weighted by molar-refractivity contribution is 6.30. The third-order valence-corrected chi connectivity index (χ3v) is 4.22. The van der Waals surface area contributed by atoms with E-state index in [4.69, 9.17) is 22.1 Å². The molecular formula is C18H22ClNO2. The average molecular weight is 320 g/mol. The molecule has 0 spiro atoms. The fourth-order valence-electron chi connectivity index (χ4n) is 2.55. The second-order valence-electron chi connectivity index (χ2n) is 5.57. The van der Waals surface area contributed by atoms with Crippen molar-refractivity contribution in [3.63, 3.8) is 0 Å². The van der Waals surface area contributed by atoms with E-state index in [1.165, 1.54) is 0 Å². The highest BCUT2D eigenvalue weighted by atomic mass is 35.5. The first-order valence-electron chi connectivity index (χ1n) is 7.34. The highest BCUT2D eigenvalue weighted by Gasteiger charge is 2.23. The summed E-state index contributed by atoms with van der Waals surface area (Å²) in [6.07, 6.45) is 0.0255. The molecule has 0 bridgehead atoms. The predicted octanol–water partition coefficient (Wildman–Crippen LogP) is 3.59. The summed E-state index contributed by atoms with van der Waals surface area (Å²) < 4.78 is 5.37. The molecule has 4 heteroatoms. The standard InChI is InChI=1S/C18H22ClNO2/c1-12(11-14-5-3-4-6-16(14)22-2)17(20)18(21)13-7-9-15(19)10-8-13/h3-10,12,17-18,21H,11,20H2,1-2H3. The number of benzene rings is 2. The molecule has 0 aliphatic carbocycles. The summed E-state index contributed by atoms with van der Waals surface area (Å²) in [5.74, 6) is 0.949. The van der Waals surface area contributed by atoms with Crippen LogP contribution in [-0.4, -0.2) is 18.3 Å². The molecule has 0 aliphatic heterocycles. The molecule has 22 heavy (non-hydrogen) atoms. The van der Waals surface area contributed by atoms with Gasteiger partial charge in [0.05, 0.1) is 13.2 Å². The number of methoxy groups -OCH3 is 1. The molecule has 3 nitrogen and oxygen atoms in total. The maximum atomic E-state index is 10.5. The van der Waals surface area contributed by atoms with Gasteiger partial charge in [-0.05, 0) is 41.7 Å². The van der Waals surface area contributed by atoms with Crippen molar-refractivity contribution in [2.75, 3.05) is 7.11 Å². The minimum absolute atomic E-state index is 0.0991. The van der Waals surface area contributed by atoms with E-state index in [9.17, 15) is 5.11 Å². The van der Waals surface area contributed by atoms with E-state index in [1.807, 2.05) is 43.3 Å². The second kappa shape index (κ2) is 7.63. The van der Waals surface area contributed by atoms with E-state index in [2.05, 4.69) is 0 Å². The normalized spacial score (nSPS) is 15.1. The Hall–Kier alpha value is -1.55. The summed E-state index contributed by atoms with van der Waals surface area (Å²) >= 11 is 5.87. The van der Waals surface area contributed by atoms with Gasteiger partial charge in [-0.2, -0.15) is 0 Å². The molecular weight excluding hydrogens is 298 g/mol. The molecule has 0 heterocycles. The lowest BCUT2D eigenvalue weighted by Crippen LogP contribution is -2.36. The van der Waals surface area contributed by atoms with E-state index < -0.39 is 6.10 Å². The lowest BCUT2D eigenvalue weighted by atomic mass is 9.88. The van der Waals surface area contributed by atoms with Crippen molar-refractivity contribution in [3.05, 3.63) is 64.7 Å². The number of hydrogen-bond donors (Lipinski definition) is 2. The third kappa shape index (κ3) is 4.01. The molecule has 0 fully saturated rings. The Balaban J connectivity index is 2.08. The van der Waals surface area contributed by atoms with Gasteiger partial charge in [0.25, 0.3) is 0 Å². The molecule has 0 saturated carbocycles. The zero-order valence-electron chi connectivity index (χ0n) is 12.9. The lowest BCUT2D eigenvalue weighted by molar-refractivity contribution is 0.121. The quantitative estimate of drug-likeness (QED) is 0.855. The zero-order valence-corrected chi connectivity index (χ0v) is 13.6. The zero-order chi connectivity index (χ0) is 16.1. The Kier molecular flexibility index (Phi) is 5.83. The molecule has 2 rings (SSSR count). The Morgan fingerprint density at radius 3 is 2.41 bits per heavy atom. The molecule has 0 aliphatic rings. The molecule has 3 atom stereocenters. The van der Waals surface area contributed by atoms with Gasteiger partial charge >= 0.3 is 0 Å². The van der Waals surface area contributed by atoms with Gasteiger partial charge in [0.1, 0.15) is 5.75 Å². The van der Waals surface area contributed by atoms with Crippen molar-refractivity contribution < 1.29 is 9.84 Å². The molecule has 0 aromatic heterocycles. The average Bonchev–Trinajstić information content (AvgIpc) is 2.54. The Labute approximate surface area is 136 Å². The largest absolute Gasteiger partial charge is 0.496 e. The van der Waals surface area contributed by atoms with E-state index in [-0.39, 0.29) is 12.0 Å². The lowest BCUT2D eigenvalue weighted by Gasteiger charge is -2.26. The molecule has 3 unspecified atom stereocenters. The number of halogens is 1. The van der Waals surface area contributed by atoms with Crippen molar-refractivity contribution in [1.82, 2.24) is 0 Å². The van der Waals surface area contributed by atoms with Crippen molar-refractivity contribution in [3.8, 4) is 5.75 Å². The summed E-state index contributed by atoms with van der Waals surface area (Å²) in [6.45, 7) is 2.04. The van der Waals surface area contributed by atoms with Crippen LogP contribution in [0.1, 0.15) is 24.2 Å². The van der Waals surface area contributed by atoms with Gasteiger partial charge in [-0.1, -0.05) is 48.9 Å². The van der Waals surface area contributed by atoms with Crippen LogP contribution in [0.25, 0.3) is 0 Å². The molecule has 2 aromatic rings. The van der Waals surface area contributed by atoms with E-state index in [1.54, 1.807) is 19.2 Å². The molecule has 118 valence electrons. The molecule has 2 aromatic carbocycles. The van der Waals surface area contributed by atoms with Gasteiger partial charge in [-0.25, -0.2) is 0 Å².